The number of aliphatic hydroxyl groups excluding tert-OH is 1. The van der Waals surface area contributed by atoms with Gasteiger partial charge in [-0.3, -0.25) is 4.90 Å². The largest absolute Gasteiger partial charge is 0.391 e. The van der Waals surface area contributed by atoms with E-state index in [2.05, 4.69) is 46.1 Å². The molecule has 0 amide bonds. The molecule has 1 aliphatic heterocycles. The van der Waals surface area contributed by atoms with Crippen LogP contribution in [0.4, 0.5) is 0 Å². The molecular formula is C11H16BrNOS. The molecule has 1 aromatic rings. The van der Waals surface area contributed by atoms with E-state index < -0.39 is 0 Å². The molecule has 1 N–H and O–H groups in total. The Hall–Kier alpha value is 0.1000. The number of thiophene rings is 1. The summed E-state index contributed by atoms with van der Waals surface area (Å²) in [7, 11) is 0. The van der Waals surface area contributed by atoms with Gasteiger partial charge in [0, 0.05) is 34.4 Å². The third-order valence-electron chi connectivity index (χ3n) is 3.02. The van der Waals surface area contributed by atoms with Crippen molar-refractivity contribution in [1.29, 1.82) is 0 Å². The predicted molar refractivity (Wildman–Crippen MR) is 67.1 cm³/mol. The molecule has 1 aliphatic rings. The maximum Gasteiger partial charge on any atom is 0.0730 e. The molecule has 1 saturated heterocycles. The highest BCUT2D eigenvalue weighted by atomic mass is 79.9. The summed E-state index contributed by atoms with van der Waals surface area (Å²) in [5, 5.41) is 12.0. The maximum atomic E-state index is 9.88. The average molecular weight is 290 g/mol. The zero-order valence-electron chi connectivity index (χ0n) is 9.03. The Morgan fingerprint density at radius 1 is 1.67 bits per heavy atom. The van der Waals surface area contributed by atoms with Crippen LogP contribution < -0.4 is 0 Å². The number of likely N-dealkylation sites (tertiary alicyclic amines) is 1. The molecule has 2 nitrogen and oxygen atoms in total. The summed E-state index contributed by atoms with van der Waals surface area (Å²) in [5.41, 5.74) is 0.0315. The number of nitrogens with zero attached hydrogens (tertiary/aromatic N) is 1. The van der Waals surface area contributed by atoms with Crippen molar-refractivity contribution in [2.45, 2.75) is 26.5 Å². The van der Waals surface area contributed by atoms with Crippen molar-refractivity contribution in [2.24, 2.45) is 5.41 Å². The number of aliphatic hydroxyl groups is 1. The zero-order valence-corrected chi connectivity index (χ0v) is 11.4. The summed E-state index contributed by atoms with van der Waals surface area (Å²) in [6.07, 6.45) is -0.198. The van der Waals surface area contributed by atoms with Crippen molar-refractivity contribution in [1.82, 2.24) is 4.90 Å². The van der Waals surface area contributed by atoms with Crippen molar-refractivity contribution in [2.75, 3.05) is 13.1 Å². The van der Waals surface area contributed by atoms with Gasteiger partial charge in [0.05, 0.1) is 6.10 Å². The molecule has 0 radical (unpaired) electrons. The van der Waals surface area contributed by atoms with Gasteiger partial charge >= 0.3 is 0 Å². The van der Waals surface area contributed by atoms with E-state index in [9.17, 15) is 5.11 Å². The normalized spacial score (nSPS) is 26.0. The molecular weight excluding hydrogens is 274 g/mol. The van der Waals surface area contributed by atoms with Crippen LogP contribution in [0.15, 0.2) is 15.9 Å². The first kappa shape index (κ1) is 11.6. The lowest BCUT2D eigenvalue weighted by molar-refractivity contribution is 0.0955. The Labute approximate surface area is 103 Å². The van der Waals surface area contributed by atoms with Crippen LogP contribution in [0.1, 0.15) is 18.7 Å². The third-order valence-corrected chi connectivity index (χ3v) is 4.93. The molecule has 0 aromatic carbocycles. The SMILES string of the molecule is CC1(C)CN(Cc2sccc2Br)CC1O. The molecule has 1 unspecified atom stereocenters. The van der Waals surface area contributed by atoms with Gasteiger partial charge < -0.3 is 5.11 Å². The molecule has 2 rings (SSSR count). The molecule has 0 spiro atoms. The van der Waals surface area contributed by atoms with Crippen molar-refractivity contribution >= 4 is 27.3 Å². The van der Waals surface area contributed by atoms with Crippen LogP contribution in [0.5, 0.6) is 0 Å². The molecule has 1 aromatic heterocycles. The highest BCUT2D eigenvalue weighted by Crippen LogP contribution is 2.32. The van der Waals surface area contributed by atoms with E-state index in [0.29, 0.717) is 0 Å². The minimum absolute atomic E-state index is 0.0315. The Kier molecular flexibility index (Phi) is 3.22. The Morgan fingerprint density at radius 3 is 2.87 bits per heavy atom. The fourth-order valence-electron chi connectivity index (χ4n) is 2.00. The first-order valence-corrected chi connectivity index (χ1v) is 6.78. The summed E-state index contributed by atoms with van der Waals surface area (Å²) < 4.78 is 1.19. The van der Waals surface area contributed by atoms with Crippen LogP contribution in [-0.2, 0) is 6.54 Å². The second-order valence-electron chi connectivity index (χ2n) is 4.87. The Morgan fingerprint density at radius 2 is 2.40 bits per heavy atom. The van der Waals surface area contributed by atoms with E-state index >= 15 is 0 Å². The first-order chi connectivity index (χ1) is 6.99. The number of hydrogen-bond acceptors (Lipinski definition) is 3. The minimum Gasteiger partial charge on any atom is -0.391 e. The van der Waals surface area contributed by atoms with E-state index in [4.69, 9.17) is 0 Å². The maximum absolute atomic E-state index is 9.88. The molecule has 0 bridgehead atoms. The molecule has 84 valence electrons. The van der Waals surface area contributed by atoms with Crippen LogP contribution in [0, 0.1) is 5.41 Å². The quantitative estimate of drug-likeness (QED) is 0.905. The lowest BCUT2D eigenvalue weighted by atomic mass is 9.90. The number of halogens is 1. The third kappa shape index (κ3) is 2.44. The Balaban J connectivity index is 2.01. The molecule has 4 heteroatoms. The highest BCUT2D eigenvalue weighted by Gasteiger charge is 2.37. The minimum atomic E-state index is -0.198. The van der Waals surface area contributed by atoms with Gasteiger partial charge in [-0.2, -0.15) is 0 Å². The van der Waals surface area contributed by atoms with Crippen LogP contribution >= 0.6 is 27.3 Å². The number of hydrogen-bond donors (Lipinski definition) is 1. The van der Waals surface area contributed by atoms with Gasteiger partial charge in [-0.1, -0.05) is 13.8 Å². The van der Waals surface area contributed by atoms with Gasteiger partial charge in [0.2, 0.25) is 0 Å². The fraction of sp³-hybridized carbons (Fsp3) is 0.636. The van der Waals surface area contributed by atoms with E-state index in [1.165, 1.54) is 9.35 Å². The van der Waals surface area contributed by atoms with E-state index in [1.807, 2.05) is 0 Å². The number of rotatable bonds is 2. The Bertz CT molecular complexity index is 350. The van der Waals surface area contributed by atoms with Crippen LogP contribution in [0.3, 0.4) is 0 Å². The molecule has 15 heavy (non-hydrogen) atoms. The van der Waals surface area contributed by atoms with Gasteiger partial charge in [0.15, 0.2) is 0 Å². The van der Waals surface area contributed by atoms with Gasteiger partial charge in [-0.15, -0.1) is 11.3 Å². The summed E-state index contributed by atoms with van der Waals surface area (Å²) in [4.78, 5) is 3.67. The zero-order chi connectivity index (χ0) is 11.1. The lowest BCUT2D eigenvalue weighted by Crippen LogP contribution is -2.26. The lowest BCUT2D eigenvalue weighted by Gasteiger charge is -2.21. The smallest absolute Gasteiger partial charge is 0.0730 e. The monoisotopic (exact) mass is 289 g/mol. The molecule has 1 fully saturated rings. The molecule has 0 aliphatic carbocycles. The van der Waals surface area contributed by atoms with Gasteiger partial charge in [-0.25, -0.2) is 0 Å². The van der Waals surface area contributed by atoms with Gasteiger partial charge in [-0.05, 0) is 27.4 Å². The summed E-state index contributed by atoms with van der Waals surface area (Å²) in [5.74, 6) is 0. The van der Waals surface area contributed by atoms with Gasteiger partial charge in [0.1, 0.15) is 0 Å². The van der Waals surface area contributed by atoms with E-state index in [0.717, 1.165) is 19.6 Å². The molecule has 2 heterocycles. The molecule has 0 saturated carbocycles. The van der Waals surface area contributed by atoms with Crippen molar-refractivity contribution < 1.29 is 5.11 Å². The van der Waals surface area contributed by atoms with Gasteiger partial charge in [0.25, 0.3) is 0 Å². The predicted octanol–water partition coefficient (Wildman–Crippen LogP) is 2.71. The van der Waals surface area contributed by atoms with E-state index in [1.54, 1.807) is 11.3 Å². The van der Waals surface area contributed by atoms with Crippen molar-refractivity contribution in [3.63, 3.8) is 0 Å². The average Bonchev–Trinajstić information content (AvgIpc) is 2.60. The van der Waals surface area contributed by atoms with Crippen molar-refractivity contribution in [3.8, 4) is 0 Å². The second-order valence-corrected chi connectivity index (χ2v) is 6.72. The number of β-amino-alcohol motifs (C(OH)–C–C–N with tert-alkyl or cyclic N) is 1. The first-order valence-electron chi connectivity index (χ1n) is 5.11. The summed E-state index contributed by atoms with van der Waals surface area (Å²) in [6.45, 7) is 6.96. The second kappa shape index (κ2) is 4.17. The topological polar surface area (TPSA) is 23.5 Å². The highest BCUT2D eigenvalue weighted by molar-refractivity contribution is 9.10. The summed E-state index contributed by atoms with van der Waals surface area (Å²) in [6, 6.07) is 2.08. The standard InChI is InChI=1S/C11H16BrNOS/c1-11(2)7-13(6-10(11)14)5-9-8(12)3-4-15-9/h3-4,10,14H,5-7H2,1-2H3. The fourth-order valence-corrected chi connectivity index (χ4v) is 3.52. The summed E-state index contributed by atoms with van der Waals surface area (Å²) >= 11 is 5.31. The van der Waals surface area contributed by atoms with Crippen molar-refractivity contribution in [3.05, 3.63) is 20.8 Å². The van der Waals surface area contributed by atoms with Crippen LogP contribution in [-0.4, -0.2) is 29.2 Å². The van der Waals surface area contributed by atoms with E-state index in [-0.39, 0.29) is 11.5 Å². The van der Waals surface area contributed by atoms with Crippen LogP contribution in [0.2, 0.25) is 0 Å². The molecule has 1 atom stereocenters. The van der Waals surface area contributed by atoms with Crippen LogP contribution in [0.25, 0.3) is 0 Å².